The van der Waals surface area contributed by atoms with E-state index < -0.39 is 5.97 Å². The average Bonchev–Trinajstić information content (AvgIpc) is 3.07. The van der Waals surface area contributed by atoms with Gasteiger partial charge in [-0.2, -0.15) is 0 Å². The van der Waals surface area contributed by atoms with E-state index in [1.165, 1.54) is 17.8 Å². The van der Waals surface area contributed by atoms with Crippen LogP contribution in [0.4, 0.5) is 5.13 Å². The van der Waals surface area contributed by atoms with Gasteiger partial charge in [0.1, 0.15) is 0 Å². The Hall–Kier alpha value is -1.47. The van der Waals surface area contributed by atoms with E-state index in [9.17, 15) is 9.59 Å². The van der Waals surface area contributed by atoms with Crippen LogP contribution < -0.4 is 4.90 Å². The van der Waals surface area contributed by atoms with Gasteiger partial charge in [-0.15, -0.1) is 11.3 Å². The summed E-state index contributed by atoms with van der Waals surface area (Å²) in [7, 11) is 1.80. The first-order valence-corrected chi connectivity index (χ1v) is 9.03. The van der Waals surface area contributed by atoms with Crippen LogP contribution in [0.5, 0.6) is 0 Å². The largest absolute Gasteiger partial charge is 0.481 e. The van der Waals surface area contributed by atoms with Crippen LogP contribution in [0.3, 0.4) is 0 Å². The fourth-order valence-corrected chi connectivity index (χ4v) is 3.68. The molecule has 1 atom stereocenters. The molecule has 1 aromatic heterocycles. The number of amides is 1. The molecule has 23 heavy (non-hydrogen) atoms. The molecule has 1 heterocycles. The molecule has 1 aliphatic carbocycles. The van der Waals surface area contributed by atoms with E-state index in [0.717, 1.165) is 30.8 Å². The Kier molecular flexibility index (Phi) is 6.53. The molecule has 1 N–H and O–H groups in total. The zero-order valence-corrected chi connectivity index (χ0v) is 14.6. The van der Waals surface area contributed by atoms with Crippen molar-refractivity contribution in [3.05, 3.63) is 11.6 Å². The number of hydrogen-bond donors (Lipinski definition) is 1. The topological polar surface area (TPSA) is 73.7 Å². The van der Waals surface area contributed by atoms with Gasteiger partial charge >= 0.3 is 5.97 Å². The highest BCUT2D eigenvalue weighted by Crippen LogP contribution is 2.29. The van der Waals surface area contributed by atoms with Crippen molar-refractivity contribution in [2.45, 2.75) is 57.5 Å². The van der Waals surface area contributed by atoms with Gasteiger partial charge in [0.05, 0.1) is 12.5 Å². The van der Waals surface area contributed by atoms with Crippen molar-refractivity contribution in [2.24, 2.45) is 0 Å². The first-order chi connectivity index (χ1) is 11.0. The highest BCUT2D eigenvalue weighted by atomic mass is 32.1. The minimum Gasteiger partial charge on any atom is -0.481 e. The number of carboxylic acid groups (broad SMARTS) is 1. The Labute approximate surface area is 141 Å². The number of anilines is 1. The maximum atomic E-state index is 13.0. The molecule has 6 nitrogen and oxygen atoms in total. The lowest BCUT2D eigenvalue weighted by Crippen LogP contribution is -2.51. The van der Waals surface area contributed by atoms with E-state index in [4.69, 9.17) is 5.11 Å². The Bertz CT molecular complexity index is 515. The molecule has 0 radical (unpaired) electrons. The molecule has 0 aliphatic heterocycles. The second-order valence-corrected chi connectivity index (χ2v) is 6.99. The van der Waals surface area contributed by atoms with Crippen molar-refractivity contribution in [1.82, 2.24) is 9.88 Å². The van der Waals surface area contributed by atoms with Gasteiger partial charge in [0.2, 0.25) is 5.91 Å². The second kappa shape index (κ2) is 8.40. The van der Waals surface area contributed by atoms with Gasteiger partial charge in [-0.1, -0.05) is 19.3 Å². The Morgan fingerprint density at radius 3 is 2.65 bits per heavy atom. The van der Waals surface area contributed by atoms with E-state index in [1.807, 2.05) is 17.2 Å². The lowest BCUT2D eigenvalue weighted by Gasteiger charge is -2.36. The number of aromatic nitrogens is 1. The average molecular weight is 339 g/mol. The molecule has 1 amide bonds. The molecule has 1 aromatic rings. The number of carbonyl (C=O) groups excluding carboxylic acids is 1. The van der Waals surface area contributed by atoms with E-state index >= 15 is 0 Å². The van der Waals surface area contributed by atoms with Crippen LogP contribution in [0.1, 0.15) is 45.4 Å². The molecule has 128 valence electrons. The van der Waals surface area contributed by atoms with E-state index in [-0.39, 0.29) is 24.4 Å². The van der Waals surface area contributed by atoms with Crippen molar-refractivity contribution in [3.8, 4) is 0 Å². The summed E-state index contributed by atoms with van der Waals surface area (Å²) < 4.78 is 0. The first-order valence-electron chi connectivity index (χ1n) is 8.15. The Balaban J connectivity index is 2.11. The van der Waals surface area contributed by atoms with Gasteiger partial charge < -0.3 is 5.11 Å². The SMILES string of the molecule is CC(C(=O)N(c1nccs1)C1CCCCC1)N(C)CCC(=O)O. The van der Waals surface area contributed by atoms with E-state index in [1.54, 1.807) is 18.1 Å². The molecule has 7 heteroatoms. The monoisotopic (exact) mass is 339 g/mol. The maximum Gasteiger partial charge on any atom is 0.304 e. The zero-order chi connectivity index (χ0) is 16.8. The third-order valence-corrected chi connectivity index (χ3v) is 5.27. The number of thiazole rings is 1. The number of carboxylic acids is 1. The highest BCUT2D eigenvalue weighted by molar-refractivity contribution is 7.13. The lowest BCUT2D eigenvalue weighted by atomic mass is 9.94. The summed E-state index contributed by atoms with van der Waals surface area (Å²) in [6, 6.07) is -0.155. The highest BCUT2D eigenvalue weighted by Gasteiger charge is 2.32. The fraction of sp³-hybridized carbons (Fsp3) is 0.688. The Morgan fingerprint density at radius 1 is 1.39 bits per heavy atom. The molecule has 0 saturated heterocycles. The molecular formula is C16H25N3O3S. The second-order valence-electron chi connectivity index (χ2n) is 6.12. The van der Waals surface area contributed by atoms with Crippen LogP contribution in [0.15, 0.2) is 11.6 Å². The van der Waals surface area contributed by atoms with Crippen molar-refractivity contribution < 1.29 is 14.7 Å². The third-order valence-electron chi connectivity index (χ3n) is 4.50. The van der Waals surface area contributed by atoms with Crippen LogP contribution >= 0.6 is 11.3 Å². The predicted molar refractivity (Wildman–Crippen MR) is 90.8 cm³/mol. The smallest absolute Gasteiger partial charge is 0.304 e. The fourth-order valence-electron chi connectivity index (χ4n) is 2.96. The van der Waals surface area contributed by atoms with Crippen molar-refractivity contribution in [1.29, 1.82) is 0 Å². The van der Waals surface area contributed by atoms with Crippen LogP contribution in [0.2, 0.25) is 0 Å². The van der Waals surface area contributed by atoms with E-state index in [0.29, 0.717) is 6.54 Å². The summed E-state index contributed by atoms with van der Waals surface area (Å²) in [5.74, 6) is -0.833. The van der Waals surface area contributed by atoms with Gasteiger partial charge in [-0.05, 0) is 26.8 Å². The molecule has 1 fully saturated rings. The molecule has 0 spiro atoms. The number of carbonyl (C=O) groups is 2. The van der Waals surface area contributed by atoms with Crippen LogP contribution in [-0.2, 0) is 9.59 Å². The van der Waals surface area contributed by atoms with Crippen molar-refractivity contribution in [3.63, 3.8) is 0 Å². The van der Waals surface area contributed by atoms with Gasteiger partial charge in [0, 0.05) is 24.2 Å². The molecule has 2 rings (SSSR count). The number of likely N-dealkylation sites (N-methyl/N-ethyl adjacent to an activating group) is 1. The molecule has 1 aliphatic rings. The van der Waals surface area contributed by atoms with Crippen LogP contribution in [-0.4, -0.2) is 52.5 Å². The van der Waals surface area contributed by atoms with Crippen LogP contribution in [0, 0.1) is 0 Å². The van der Waals surface area contributed by atoms with Gasteiger partial charge in [-0.3, -0.25) is 19.4 Å². The molecule has 0 aromatic carbocycles. The number of aliphatic carboxylic acids is 1. The predicted octanol–water partition coefficient (Wildman–Crippen LogP) is 2.60. The summed E-state index contributed by atoms with van der Waals surface area (Å²) in [5, 5.41) is 11.5. The van der Waals surface area contributed by atoms with E-state index in [2.05, 4.69) is 4.98 Å². The Morgan fingerprint density at radius 2 is 2.09 bits per heavy atom. The number of nitrogens with zero attached hydrogens (tertiary/aromatic N) is 3. The molecule has 0 bridgehead atoms. The maximum absolute atomic E-state index is 13.0. The lowest BCUT2D eigenvalue weighted by molar-refractivity contribution is -0.138. The summed E-state index contributed by atoms with van der Waals surface area (Å²) in [6.45, 7) is 2.20. The van der Waals surface area contributed by atoms with Crippen molar-refractivity contribution >= 4 is 28.3 Å². The summed E-state index contributed by atoms with van der Waals surface area (Å²) in [5.41, 5.74) is 0. The molecule has 1 unspecified atom stereocenters. The quantitative estimate of drug-likeness (QED) is 0.826. The standard InChI is InChI=1S/C16H25N3O3S/c1-12(18(2)10-8-14(20)21)15(22)19(16-17-9-11-23-16)13-6-4-3-5-7-13/h9,11-13H,3-8,10H2,1-2H3,(H,20,21). The summed E-state index contributed by atoms with van der Waals surface area (Å²) in [4.78, 5) is 31.8. The minimum atomic E-state index is -0.847. The van der Waals surface area contributed by atoms with Gasteiger partial charge in [0.25, 0.3) is 0 Å². The zero-order valence-electron chi connectivity index (χ0n) is 13.8. The van der Waals surface area contributed by atoms with Crippen LogP contribution in [0.25, 0.3) is 0 Å². The third kappa shape index (κ3) is 4.75. The summed E-state index contributed by atoms with van der Waals surface area (Å²) >= 11 is 1.48. The van der Waals surface area contributed by atoms with Crippen molar-refractivity contribution in [2.75, 3.05) is 18.5 Å². The number of rotatable bonds is 7. The summed E-state index contributed by atoms with van der Waals surface area (Å²) in [6.07, 6.45) is 7.29. The minimum absolute atomic E-state index is 0.0136. The van der Waals surface area contributed by atoms with Gasteiger partial charge in [-0.25, -0.2) is 4.98 Å². The normalized spacial score (nSPS) is 17.2. The van der Waals surface area contributed by atoms with Gasteiger partial charge in [0.15, 0.2) is 5.13 Å². The molecule has 1 saturated carbocycles. The number of hydrogen-bond acceptors (Lipinski definition) is 5. The molecular weight excluding hydrogens is 314 g/mol. The first kappa shape index (κ1) is 17.9.